The molecule has 2 aromatic carbocycles. The molecule has 0 spiro atoms. The average Bonchev–Trinajstić information content (AvgIpc) is 2.63. The lowest BCUT2D eigenvalue weighted by atomic mass is 10.2. The summed E-state index contributed by atoms with van der Waals surface area (Å²) < 4.78 is 9.03. The highest BCUT2D eigenvalue weighted by Crippen LogP contribution is 2.35. The lowest BCUT2D eigenvalue weighted by molar-refractivity contribution is -0.121. The molecule has 0 radical (unpaired) electrons. The van der Waals surface area contributed by atoms with E-state index in [0.29, 0.717) is 30.3 Å². The zero-order valence-electron chi connectivity index (χ0n) is 14.0. The van der Waals surface area contributed by atoms with Gasteiger partial charge < -0.3 is 19.7 Å². The van der Waals surface area contributed by atoms with E-state index in [1.54, 1.807) is 23.1 Å². The number of rotatable bonds is 5. The highest BCUT2D eigenvalue weighted by atomic mass is 35.6. The van der Waals surface area contributed by atoms with Gasteiger partial charge >= 0.3 is 0 Å². The number of nitrogens with zero attached hydrogens (tertiary/aromatic N) is 1. The van der Waals surface area contributed by atoms with Crippen LogP contribution in [0.2, 0.25) is 0 Å². The smallest absolute Gasteiger partial charge is 0.276 e. The Hall–Kier alpha value is -2.15. The molecule has 1 N–H and O–H groups in total. The number of para-hydroxylation sites is 1. The van der Waals surface area contributed by atoms with Gasteiger partial charge in [0.2, 0.25) is 0 Å². The molecule has 142 valence electrons. The van der Waals surface area contributed by atoms with Gasteiger partial charge in [0.1, 0.15) is 18.1 Å². The van der Waals surface area contributed by atoms with Crippen LogP contribution >= 0.6 is 34.8 Å². The summed E-state index contributed by atoms with van der Waals surface area (Å²) in [4.78, 5) is 25.6. The van der Waals surface area contributed by atoms with Gasteiger partial charge in [0.15, 0.2) is 6.61 Å². The van der Waals surface area contributed by atoms with E-state index in [4.69, 9.17) is 44.3 Å². The third-order valence-electron chi connectivity index (χ3n) is 3.74. The van der Waals surface area contributed by atoms with Crippen molar-refractivity contribution in [3.8, 4) is 11.5 Å². The average molecular weight is 430 g/mol. The molecule has 0 bridgehead atoms. The first-order valence-electron chi connectivity index (χ1n) is 7.98. The molecule has 2 amide bonds. The van der Waals surface area contributed by atoms with Crippen LogP contribution in [0.4, 0.5) is 11.4 Å². The van der Waals surface area contributed by atoms with Crippen molar-refractivity contribution in [2.75, 3.05) is 30.0 Å². The van der Waals surface area contributed by atoms with E-state index < -0.39 is 9.70 Å². The maximum absolute atomic E-state index is 12.2. The van der Waals surface area contributed by atoms with Crippen LogP contribution in [0.1, 0.15) is 0 Å². The molecule has 27 heavy (non-hydrogen) atoms. The van der Waals surface area contributed by atoms with Crippen molar-refractivity contribution in [1.29, 1.82) is 0 Å². The van der Waals surface area contributed by atoms with Crippen LogP contribution in [0, 0.1) is 0 Å². The van der Waals surface area contributed by atoms with Crippen molar-refractivity contribution in [2.45, 2.75) is 3.79 Å². The van der Waals surface area contributed by atoms with Crippen molar-refractivity contribution in [3.63, 3.8) is 0 Å². The van der Waals surface area contributed by atoms with Gasteiger partial charge in [-0.25, -0.2) is 0 Å². The summed E-state index contributed by atoms with van der Waals surface area (Å²) in [5.74, 6) is 0.198. The first kappa shape index (κ1) is 19.6. The van der Waals surface area contributed by atoms with Crippen molar-refractivity contribution >= 4 is 58.0 Å². The first-order valence-corrected chi connectivity index (χ1v) is 9.11. The standard InChI is InChI=1S/C18H15Cl3N2O4/c19-18(20,21)17(25)22-12-6-7-14-15(10-12)27-11-16(24)23(14)8-9-26-13-4-2-1-3-5-13/h1-7,10H,8-9,11H2,(H,22,25). The molecule has 0 atom stereocenters. The van der Waals surface area contributed by atoms with E-state index in [-0.39, 0.29) is 12.5 Å². The molecular weight excluding hydrogens is 415 g/mol. The fourth-order valence-corrected chi connectivity index (χ4v) is 2.64. The van der Waals surface area contributed by atoms with Gasteiger partial charge in [-0.15, -0.1) is 0 Å². The molecule has 0 aromatic heterocycles. The molecule has 2 aromatic rings. The van der Waals surface area contributed by atoms with E-state index in [2.05, 4.69) is 5.32 Å². The van der Waals surface area contributed by atoms with E-state index in [9.17, 15) is 9.59 Å². The summed E-state index contributed by atoms with van der Waals surface area (Å²) in [6.45, 7) is 0.561. The second-order valence-corrected chi connectivity index (χ2v) is 7.91. The van der Waals surface area contributed by atoms with Gasteiger partial charge in [-0.1, -0.05) is 53.0 Å². The minimum Gasteiger partial charge on any atom is -0.492 e. The molecule has 0 fully saturated rings. The summed E-state index contributed by atoms with van der Waals surface area (Å²) in [5.41, 5.74) is 0.967. The number of benzene rings is 2. The third-order valence-corrected chi connectivity index (χ3v) is 4.26. The molecule has 0 unspecified atom stereocenters. The predicted molar refractivity (Wildman–Crippen MR) is 105 cm³/mol. The number of carbonyl (C=O) groups is 2. The predicted octanol–water partition coefficient (Wildman–Crippen LogP) is 3.80. The molecule has 0 saturated carbocycles. The Kier molecular flexibility index (Phi) is 5.99. The van der Waals surface area contributed by atoms with Crippen LogP contribution in [0.15, 0.2) is 48.5 Å². The molecule has 6 nitrogen and oxygen atoms in total. The molecule has 1 aliphatic heterocycles. The van der Waals surface area contributed by atoms with Crippen LogP contribution in [-0.2, 0) is 9.59 Å². The van der Waals surface area contributed by atoms with E-state index in [1.165, 1.54) is 0 Å². The zero-order valence-corrected chi connectivity index (χ0v) is 16.2. The fraction of sp³-hybridized carbons (Fsp3) is 0.222. The Balaban J connectivity index is 1.69. The molecule has 0 saturated heterocycles. The maximum atomic E-state index is 12.2. The quantitative estimate of drug-likeness (QED) is 0.734. The van der Waals surface area contributed by atoms with E-state index >= 15 is 0 Å². The normalized spacial score (nSPS) is 13.6. The van der Waals surface area contributed by atoms with Crippen molar-refractivity contribution < 1.29 is 19.1 Å². The Labute approximate surface area is 170 Å². The second kappa shape index (κ2) is 8.25. The number of halogens is 3. The number of nitrogens with one attached hydrogen (secondary N) is 1. The lowest BCUT2D eigenvalue weighted by Gasteiger charge is -2.29. The van der Waals surface area contributed by atoms with Crippen LogP contribution in [0.5, 0.6) is 11.5 Å². The molecule has 1 heterocycles. The van der Waals surface area contributed by atoms with Gasteiger partial charge in [-0.05, 0) is 24.3 Å². The number of fused-ring (bicyclic) bond motifs is 1. The summed E-state index contributed by atoms with van der Waals surface area (Å²) in [6, 6.07) is 14.1. The van der Waals surface area contributed by atoms with Crippen molar-refractivity contribution in [3.05, 3.63) is 48.5 Å². The molecule has 0 aliphatic carbocycles. The molecule has 1 aliphatic rings. The van der Waals surface area contributed by atoms with E-state index in [0.717, 1.165) is 5.75 Å². The SMILES string of the molecule is O=C1COc2cc(NC(=O)C(Cl)(Cl)Cl)ccc2N1CCOc1ccccc1. The van der Waals surface area contributed by atoms with Crippen molar-refractivity contribution in [2.24, 2.45) is 0 Å². The Bertz CT molecular complexity index is 840. The summed E-state index contributed by atoms with van der Waals surface area (Å²) in [6.07, 6.45) is 0. The topological polar surface area (TPSA) is 67.9 Å². The van der Waals surface area contributed by atoms with Crippen molar-refractivity contribution in [1.82, 2.24) is 0 Å². The number of anilines is 2. The molecular formula is C18H15Cl3N2O4. The maximum Gasteiger partial charge on any atom is 0.276 e. The summed E-state index contributed by atoms with van der Waals surface area (Å²) in [7, 11) is 0. The van der Waals surface area contributed by atoms with E-state index in [1.807, 2.05) is 30.3 Å². The van der Waals surface area contributed by atoms with Gasteiger partial charge in [-0.3, -0.25) is 9.59 Å². The third kappa shape index (κ3) is 4.97. The van der Waals surface area contributed by atoms with Crippen LogP contribution in [0.25, 0.3) is 0 Å². The Morgan fingerprint density at radius 1 is 1.19 bits per heavy atom. The second-order valence-electron chi connectivity index (χ2n) is 5.63. The monoisotopic (exact) mass is 428 g/mol. The lowest BCUT2D eigenvalue weighted by Crippen LogP contribution is -2.41. The fourth-order valence-electron chi connectivity index (χ4n) is 2.50. The number of amides is 2. The zero-order chi connectivity index (χ0) is 19.4. The van der Waals surface area contributed by atoms with Gasteiger partial charge in [0.25, 0.3) is 15.6 Å². The highest BCUT2D eigenvalue weighted by Gasteiger charge is 2.31. The van der Waals surface area contributed by atoms with Crippen LogP contribution in [0.3, 0.4) is 0 Å². The van der Waals surface area contributed by atoms with Crippen LogP contribution < -0.4 is 19.7 Å². The minimum atomic E-state index is -2.08. The largest absolute Gasteiger partial charge is 0.492 e. The van der Waals surface area contributed by atoms with Gasteiger partial charge in [0, 0.05) is 11.8 Å². The highest BCUT2D eigenvalue weighted by molar-refractivity contribution is 6.76. The molecule has 9 heteroatoms. The molecule has 3 rings (SSSR count). The number of hydrogen-bond acceptors (Lipinski definition) is 4. The number of alkyl halides is 3. The number of carbonyl (C=O) groups excluding carboxylic acids is 2. The summed E-state index contributed by atoms with van der Waals surface area (Å²) >= 11 is 16.6. The minimum absolute atomic E-state index is 0.111. The first-order chi connectivity index (χ1) is 12.8. The Morgan fingerprint density at radius 3 is 2.63 bits per heavy atom. The van der Waals surface area contributed by atoms with Crippen LogP contribution in [-0.4, -0.2) is 35.4 Å². The number of hydrogen-bond donors (Lipinski definition) is 1. The van der Waals surface area contributed by atoms with Gasteiger partial charge in [0.05, 0.1) is 12.2 Å². The Morgan fingerprint density at radius 2 is 1.93 bits per heavy atom. The summed E-state index contributed by atoms with van der Waals surface area (Å²) in [5, 5.41) is 2.48. The van der Waals surface area contributed by atoms with Gasteiger partial charge in [-0.2, -0.15) is 0 Å². The number of ether oxygens (including phenoxy) is 2.